The van der Waals surface area contributed by atoms with Crippen molar-refractivity contribution in [1.29, 1.82) is 0 Å². The average molecular weight is 333 g/mol. The molecule has 8 nitrogen and oxygen atoms in total. The van der Waals surface area contributed by atoms with Crippen molar-refractivity contribution in [1.82, 2.24) is 9.88 Å². The molecule has 5 N–H and O–H groups in total. The van der Waals surface area contributed by atoms with Gasteiger partial charge in [0, 0.05) is 30.1 Å². The van der Waals surface area contributed by atoms with Gasteiger partial charge in [-0.3, -0.25) is 9.59 Å². The maximum Gasteiger partial charge on any atom is 0.414 e. The van der Waals surface area contributed by atoms with E-state index in [1.165, 1.54) is 0 Å². The molecule has 0 bridgehead atoms. The molecule has 0 saturated carbocycles. The van der Waals surface area contributed by atoms with Gasteiger partial charge in [0.05, 0.1) is 6.04 Å². The van der Waals surface area contributed by atoms with Crippen LogP contribution in [0.1, 0.15) is 18.4 Å². The van der Waals surface area contributed by atoms with Crippen molar-refractivity contribution in [2.45, 2.75) is 25.3 Å². The number of fused-ring (bicyclic) bond motifs is 1. The first-order chi connectivity index (χ1) is 11.4. The standard InChI is InChI=1S/C16H19N3O5/c17-12(5-6-14(20)21)15(22)19(16(23)24)8-7-10-9-18-13-4-2-1-3-11(10)13/h1-4,9,12,18H,5-8,17H2,(H,20,21)(H,23,24). The van der Waals surface area contributed by atoms with Gasteiger partial charge < -0.3 is 20.9 Å². The molecule has 1 heterocycles. The predicted octanol–water partition coefficient (Wildman–Crippen LogP) is 1.41. The van der Waals surface area contributed by atoms with Gasteiger partial charge in [0.15, 0.2) is 0 Å². The van der Waals surface area contributed by atoms with Gasteiger partial charge in [-0.1, -0.05) is 18.2 Å². The summed E-state index contributed by atoms with van der Waals surface area (Å²) in [6, 6.07) is 6.42. The SMILES string of the molecule is NC(CCC(=O)O)C(=O)N(CCc1c[nH]c2ccccc12)C(=O)O. The number of nitrogens with two attached hydrogens (primary N) is 1. The van der Waals surface area contributed by atoms with E-state index in [1.807, 2.05) is 24.3 Å². The summed E-state index contributed by atoms with van der Waals surface area (Å²) in [5.74, 6) is -1.87. The average Bonchev–Trinajstić information content (AvgIpc) is 2.95. The Morgan fingerprint density at radius 1 is 1.21 bits per heavy atom. The first-order valence-electron chi connectivity index (χ1n) is 7.47. The van der Waals surface area contributed by atoms with E-state index in [4.69, 9.17) is 10.8 Å². The fourth-order valence-corrected chi connectivity index (χ4v) is 2.47. The summed E-state index contributed by atoms with van der Waals surface area (Å²) in [5, 5.41) is 18.8. The van der Waals surface area contributed by atoms with Gasteiger partial charge in [0.25, 0.3) is 0 Å². The van der Waals surface area contributed by atoms with E-state index < -0.39 is 24.0 Å². The summed E-state index contributed by atoms with van der Waals surface area (Å²) in [5.41, 5.74) is 7.44. The van der Waals surface area contributed by atoms with Crippen molar-refractivity contribution in [3.63, 3.8) is 0 Å². The van der Waals surface area contributed by atoms with Crippen LogP contribution in [0.4, 0.5) is 4.79 Å². The zero-order valence-corrected chi connectivity index (χ0v) is 12.9. The monoisotopic (exact) mass is 333 g/mol. The van der Waals surface area contributed by atoms with Crippen LogP contribution in [-0.4, -0.2) is 50.7 Å². The number of benzene rings is 1. The number of para-hydroxylation sites is 1. The summed E-state index contributed by atoms with van der Waals surface area (Å²) in [7, 11) is 0. The molecule has 1 unspecified atom stereocenters. The maximum atomic E-state index is 12.1. The molecule has 0 aliphatic carbocycles. The molecule has 1 aromatic carbocycles. The number of amides is 2. The third kappa shape index (κ3) is 4.11. The lowest BCUT2D eigenvalue weighted by Gasteiger charge is -2.20. The summed E-state index contributed by atoms with van der Waals surface area (Å²) in [6.07, 6.45) is 0.326. The Hall–Kier alpha value is -2.87. The highest BCUT2D eigenvalue weighted by atomic mass is 16.4. The quantitative estimate of drug-likeness (QED) is 0.604. The number of hydrogen-bond donors (Lipinski definition) is 4. The minimum atomic E-state index is -1.40. The van der Waals surface area contributed by atoms with Crippen LogP contribution in [0, 0.1) is 0 Å². The zero-order chi connectivity index (χ0) is 17.7. The summed E-state index contributed by atoms with van der Waals surface area (Å²) >= 11 is 0. The van der Waals surface area contributed by atoms with Crippen LogP contribution in [0.25, 0.3) is 10.9 Å². The van der Waals surface area contributed by atoms with Gasteiger partial charge in [0.1, 0.15) is 0 Å². The molecule has 2 aromatic rings. The van der Waals surface area contributed by atoms with Crippen LogP contribution in [0.5, 0.6) is 0 Å². The molecule has 0 fully saturated rings. The Balaban J connectivity index is 2.04. The fraction of sp³-hybridized carbons (Fsp3) is 0.312. The van der Waals surface area contributed by atoms with E-state index in [0.29, 0.717) is 11.3 Å². The molecule has 1 aromatic heterocycles. The predicted molar refractivity (Wildman–Crippen MR) is 86.6 cm³/mol. The third-order valence-electron chi connectivity index (χ3n) is 3.76. The van der Waals surface area contributed by atoms with E-state index >= 15 is 0 Å². The molecule has 0 radical (unpaired) electrons. The molecule has 0 aliphatic rings. The second kappa shape index (κ2) is 7.60. The van der Waals surface area contributed by atoms with Crippen LogP contribution in [-0.2, 0) is 16.0 Å². The molecule has 1 atom stereocenters. The Bertz CT molecular complexity index is 755. The molecule has 0 saturated heterocycles. The molecular formula is C16H19N3O5. The third-order valence-corrected chi connectivity index (χ3v) is 3.76. The second-order valence-electron chi connectivity index (χ2n) is 5.42. The number of nitrogens with zero attached hydrogens (tertiary/aromatic N) is 1. The number of aliphatic carboxylic acids is 1. The van der Waals surface area contributed by atoms with Crippen LogP contribution in [0.2, 0.25) is 0 Å². The highest BCUT2D eigenvalue weighted by Crippen LogP contribution is 2.18. The maximum absolute atomic E-state index is 12.1. The van der Waals surface area contributed by atoms with Crippen molar-refractivity contribution in [2.75, 3.05) is 6.54 Å². The lowest BCUT2D eigenvalue weighted by Crippen LogP contribution is -2.47. The van der Waals surface area contributed by atoms with Crippen LogP contribution in [0.3, 0.4) is 0 Å². The van der Waals surface area contributed by atoms with Gasteiger partial charge in [-0.2, -0.15) is 0 Å². The summed E-state index contributed by atoms with van der Waals surface area (Å²) in [6.45, 7) is -0.0449. The van der Waals surface area contributed by atoms with Crippen molar-refractivity contribution in [3.8, 4) is 0 Å². The molecule has 8 heteroatoms. The second-order valence-corrected chi connectivity index (χ2v) is 5.42. The first-order valence-corrected chi connectivity index (χ1v) is 7.47. The summed E-state index contributed by atoms with van der Waals surface area (Å²) < 4.78 is 0. The topological polar surface area (TPSA) is 137 Å². The lowest BCUT2D eigenvalue weighted by molar-refractivity contribution is -0.137. The van der Waals surface area contributed by atoms with Crippen molar-refractivity contribution >= 4 is 28.9 Å². The van der Waals surface area contributed by atoms with E-state index in [2.05, 4.69) is 4.98 Å². The van der Waals surface area contributed by atoms with E-state index in [-0.39, 0.29) is 19.4 Å². The number of carbonyl (C=O) groups is 3. The van der Waals surface area contributed by atoms with Gasteiger partial charge in [0.2, 0.25) is 5.91 Å². The molecular weight excluding hydrogens is 314 g/mol. The normalized spacial score (nSPS) is 12.0. The number of carbonyl (C=O) groups excluding carboxylic acids is 1. The van der Waals surface area contributed by atoms with Crippen molar-refractivity contribution in [3.05, 3.63) is 36.0 Å². The molecule has 0 spiro atoms. The Labute approximate surface area is 137 Å². The Morgan fingerprint density at radius 2 is 1.92 bits per heavy atom. The van der Waals surface area contributed by atoms with Crippen LogP contribution in [0.15, 0.2) is 30.5 Å². The smallest absolute Gasteiger partial charge is 0.414 e. The van der Waals surface area contributed by atoms with E-state index in [9.17, 15) is 19.5 Å². The molecule has 2 amide bonds. The summed E-state index contributed by atoms with van der Waals surface area (Å²) in [4.78, 5) is 37.7. The van der Waals surface area contributed by atoms with E-state index in [0.717, 1.165) is 16.5 Å². The highest BCUT2D eigenvalue weighted by molar-refractivity contribution is 5.94. The first kappa shape index (κ1) is 17.5. The van der Waals surface area contributed by atoms with Crippen LogP contribution < -0.4 is 5.73 Å². The zero-order valence-electron chi connectivity index (χ0n) is 12.9. The van der Waals surface area contributed by atoms with Crippen LogP contribution >= 0.6 is 0 Å². The highest BCUT2D eigenvalue weighted by Gasteiger charge is 2.26. The largest absolute Gasteiger partial charge is 0.481 e. The number of rotatable bonds is 7. The number of aromatic nitrogens is 1. The molecule has 0 aliphatic heterocycles. The number of aromatic amines is 1. The van der Waals surface area contributed by atoms with Crippen molar-refractivity contribution in [2.24, 2.45) is 5.73 Å². The number of H-pyrrole nitrogens is 1. The molecule has 24 heavy (non-hydrogen) atoms. The van der Waals surface area contributed by atoms with Gasteiger partial charge in [-0.05, 0) is 24.5 Å². The minimum absolute atomic E-state index is 0.0449. The Morgan fingerprint density at radius 3 is 2.58 bits per heavy atom. The Kier molecular flexibility index (Phi) is 5.54. The van der Waals surface area contributed by atoms with Gasteiger partial charge >= 0.3 is 12.1 Å². The number of nitrogens with one attached hydrogen (secondary N) is 1. The number of carboxylic acids is 1. The fourth-order valence-electron chi connectivity index (χ4n) is 2.47. The van der Waals surface area contributed by atoms with Gasteiger partial charge in [-0.15, -0.1) is 0 Å². The number of carboxylic acid groups (broad SMARTS) is 2. The van der Waals surface area contributed by atoms with Gasteiger partial charge in [-0.25, -0.2) is 9.69 Å². The van der Waals surface area contributed by atoms with E-state index in [1.54, 1.807) is 6.20 Å². The van der Waals surface area contributed by atoms with Crippen molar-refractivity contribution < 1.29 is 24.6 Å². The number of hydrogen-bond acceptors (Lipinski definition) is 4. The minimum Gasteiger partial charge on any atom is -0.481 e. The molecule has 128 valence electrons. The lowest BCUT2D eigenvalue weighted by atomic mass is 10.1. The number of imide groups is 1. The molecule has 2 rings (SSSR count).